The smallest absolute Gasteiger partial charge is 0.253 e. The molecule has 4 nitrogen and oxygen atoms in total. The van der Waals surface area contributed by atoms with Crippen molar-refractivity contribution in [1.82, 2.24) is 10.3 Å². The van der Waals surface area contributed by atoms with Crippen molar-refractivity contribution in [2.24, 2.45) is 0 Å². The minimum Gasteiger partial charge on any atom is -0.383 e. The highest BCUT2D eigenvalue weighted by Crippen LogP contribution is 2.31. The Hall–Kier alpha value is -1.81. The van der Waals surface area contributed by atoms with Gasteiger partial charge in [-0.05, 0) is 37.8 Å². The van der Waals surface area contributed by atoms with E-state index in [4.69, 9.17) is 4.74 Å². The number of para-hydroxylation sites is 1. The van der Waals surface area contributed by atoms with Crippen molar-refractivity contribution >= 4 is 16.8 Å². The van der Waals surface area contributed by atoms with Gasteiger partial charge in [0.1, 0.15) is 0 Å². The molecule has 0 saturated carbocycles. The Kier molecular flexibility index (Phi) is 3.49. The number of H-pyrrole nitrogens is 1. The van der Waals surface area contributed by atoms with Gasteiger partial charge in [0.05, 0.1) is 17.7 Å². The predicted molar refractivity (Wildman–Crippen MR) is 79.1 cm³/mol. The lowest BCUT2D eigenvalue weighted by atomic mass is 10.1. The third-order valence-electron chi connectivity index (χ3n) is 3.92. The SMILES string of the molecule is COC[C@@H](C)NC(=O)c1cccc2c3c([nH]c12)CCC3. The molecule has 0 saturated heterocycles. The zero-order valence-electron chi connectivity index (χ0n) is 12.0. The number of hydrogen-bond donors (Lipinski definition) is 2. The number of aromatic amines is 1. The van der Waals surface area contributed by atoms with Crippen LogP contribution < -0.4 is 5.32 Å². The van der Waals surface area contributed by atoms with Crippen LogP contribution in [0, 0.1) is 0 Å². The molecule has 2 N–H and O–H groups in total. The van der Waals surface area contributed by atoms with Gasteiger partial charge in [-0.15, -0.1) is 0 Å². The molecular formula is C16H20N2O2. The van der Waals surface area contributed by atoms with Gasteiger partial charge in [-0.3, -0.25) is 4.79 Å². The predicted octanol–water partition coefficient (Wildman–Crippen LogP) is 2.42. The normalized spacial score (nSPS) is 15.3. The van der Waals surface area contributed by atoms with Crippen LogP contribution in [0.3, 0.4) is 0 Å². The molecule has 1 aliphatic rings. The first kappa shape index (κ1) is 13.2. The standard InChI is InChI=1S/C16H20N2O2/c1-10(9-20-2)17-16(19)13-7-3-6-12-11-5-4-8-14(11)18-15(12)13/h3,6-7,10,18H,4-5,8-9H2,1-2H3,(H,17,19)/t10-/m1/s1. The van der Waals surface area contributed by atoms with Gasteiger partial charge < -0.3 is 15.0 Å². The highest BCUT2D eigenvalue weighted by molar-refractivity contribution is 6.07. The number of carbonyl (C=O) groups excluding carboxylic acids is 1. The fraction of sp³-hybridized carbons (Fsp3) is 0.438. The molecule has 0 spiro atoms. The number of ether oxygens (including phenoxy) is 1. The van der Waals surface area contributed by atoms with Crippen LogP contribution in [0.2, 0.25) is 0 Å². The average molecular weight is 272 g/mol. The molecule has 0 bridgehead atoms. The zero-order valence-corrected chi connectivity index (χ0v) is 12.0. The van der Waals surface area contributed by atoms with Gasteiger partial charge in [0.2, 0.25) is 0 Å². The molecule has 3 rings (SSSR count). The monoisotopic (exact) mass is 272 g/mol. The van der Waals surface area contributed by atoms with Gasteiger partial charge >= 0.3 is 0 Å². The van der Waals surface area contributed by atoms with E-state index in [0.717, 1.165) is 23.9 Å². The third-order valence-corrected chi connectivity index (χ3v) is 3.92. The van der Waals surface area contributed by atoms with Crippen LogP contribution in [-0.4, -0.2) is 30.6 Å². The minimum atomic E-state index is -0.0416. The Labute approximate surface area is 118 Å². The van der Waals surface area contributed by atoms with Crippen molar-refractivity contribution in [3.63, 3.8) is 0 Å². The molecule has 2 aromatic rings. The van der Waals surface area contributed by atoms with Crippen LogP contribution >= 0.6 is 0 Å². The number of aryl methyl sites for hydroxylation is 2. The van der Waals surface area contributed by atoms with Crippen LogP contribution in [0.15, 0.2) is 18.2 Å². The molecule has 0 unspecified atom stereocenters. The number of carbonyl (C=O) groups is 1. The van der Waals surface area contributed by atoms with Gasteiger partial charge in [0.25, 0.3) is 5.91 Å². The Balaban J connectivity index is 1.94. The summed E-state index contributed by atoms with van der Waals surface area (Å²) in [6.45, 7) is 2.46. The van der Waals surface area contributed by atoms with Crippen molar-refractivity contribution in [2.45, 2.75) is 32.2 Å². The molecule has 106 valence electrons. The van der Waals surface area contributed by atoms with E-state index in [1.54, 1.807) is 7.11 Å². The van der Waals surface area contributed by atoms with Crippen LogP contribution in [-0.2, 0) is 17.6 Å². The van der Waals surface area contributed by atoms with E-state index in [2.05, 4.69) is 16.4 Å². The van der Waals surface area contributed by atoms with E-state index in [1.165, 1.54) is 23.1 Å². The Bertz CT molecular complexity index is 645. The van der Waals surface area contributed by atoms with Crippen LogP contribution in [0.5, 0.6) is 0 Å². The Morgan fingerprint density at radius 3 is 3.10 bits per heavy atom. The fourth-order valence-corrected chi connectivity index (χ4v) is 3.05. The van der Waals surface area contributed by atoms with Crippen LogP contribution in [0.25, 0.3) is 10.9 Å². The summed E-state index contributed by atoms with van der Waals surface area (Å²) in [5.74, 6) is -0.0416. The summed E-state index contributed by atoms with van der Waals surface area (Å²) in [4.78, 5) is 15.8. The number of rotatable bonds is 4. The lowest BCUT2D eigenvalue weighted by molar-refractivity contribution is 0.0907. The highest BCUT2D eigenvalue weighted by Gasteiger charge is 2.20. The molecular weight excluding hydrogens is 252 g/mol. The topological polar surface area (TPSA) is 54.1 Å². The third kappa shape index (κ3) is 2.20. The molecule has 0 radical (unpaired) electrons. The molecule has 1 aromatic carbocycles. The maximum Gasteiger partial charge on any atom is 0.253 e. The summed E-state index contributed by atoms with van der Waals surface area (Å²) >= 11 is 0. The molecule has 0 fully saturated rings. The Morgan fingerprint density at radius 2 is 2.30 bits per heavy atom. The lowest BCUT2D eigenvalue weighted by Gasteiger charge is -2.13. The van der Waals surface area contributed by atoms with E-state index in [-0.39, 0.29) is 11.9 Å². The van der Waals surface area contributed by atoms with E-state index in [0.29, 0.717) is 6.61 Å². The fourth-order valence-electron chi connectivity index (χ4n) is 3.05. The van der Waals surface area contributed by atoms with Crippen LogP contribution in [0.1, 0.15) is 35.0 Å². The highest BCUT2D eigenvalue weighted by atomic mass is 16.5. The van der Waals surface area contributed by atoms with Crippen molar-refractivity contribution in [1.29, 1.82) is 0 Å². The van der Waals surface area contributed by atoms with Crippen LogP contribution in [0.4, 0.5) is 0 Å². The van der Waals surface area contributed by atoms with Crippen molar-refractivity contribution in [2.75, 3.05) is 13.7 Å². The van der Waals surface area contributed by atoms with Crippen molar-refractivity contribution < 1.29 is 9.53 Å². The van der Waals surface area contributed by atoms with Crippen molar-refractivity contribution in [3.8, 4) is 0 Å². The summed E-state index contributed by atoms with van der Waals surface area (Å²) in [6, 6.07) is 5.95. The summed E-state index contributed by atoms with van der Waals surface area (Å²) in [7, 11) is 1.64. The van der Waals surface area contributed by atoms with Gasteiger partial charge in [0.15, 0.2) is 0 Å². The molecule has 1 amide bonds. The maximum atomic E-state index is 12.4. The van der Waals surface area contributed by atoms with Crippen molar-refractivity contribution in [3.05, 3.63) is 35.0 Å². The number of amides is 1. The number of benzene rings is 1. The number of nitrogens with one attached hydrogen (secondary N) is 2. The van der Waals surface area contributed by atoms with E-state index in [1.807, 2.05) is 19.1 Å². The van der Waals surface area contributed by atoms with Gasteiger partial charge in [-0.1, -0.05) is 12.1 Å². The molecule has 1 atom stereocenters. The summed E-state index contributed by atoms with van der Waals surface area (Å²) in [5, 5.41) is 4.17. The quantitative estimate of drug-likeness (QED) is 0.898. The second-order valence-corrected chi connectivity index (χ2v) is 5.49. The minimum absolute atomic E-state index is 0.00423. The molecule has 1 aromatic heterocycles. The average Bonchev–Trinajstić information content (AvgIpc) is 2.98. The summed E-state index contributed by atoms with van der Waals surface area (Å²) in [5.41, 5.74) is 4.38. The number of methoxy groups -OCH3 is 1. The molecule has 1 heterocycles. The summed E-state index contributed by atoms with van der Waals surface area (Å²) < 4.78 is 5.06. The number of aromatic nitrogens is 1. The summed E-state index contributed by atoms with van der Waals surface area (Å²) in [6.07, 6.45) is 3.41. The molecule has 0 aliphatic heterocycles. The zero-order chi connectivity index (χ0) is 14.1. The van der Waals surface area contributed by atoms with Gasteiger partial charge in [0, 0.05) is 24.2 Å². The largest absolute Gasteiger partial charge is 0.383 e. The first-order valence-electron chi connectivity index (χ1n) is 7.13. The van der Waals surface area contributed by atoms with Gasteiger partial charge in [-0.2, -0.15) is 0 Å². The van der Waals surface area contributed by atoms with E-state index in [9.17, 15) is 4.79 Å². The lowest BCUT2D eigenvalue weighted by Crippen LogP contribution is -2.35. The second-order valence-electron chi connectivity index (χ2n) is 5.49. The van der Waals surface area contributed by atoms with E-state index < -0.39 is 0 Å². The maximum absolute atomic E-state index is 12.4. The van der Waals surface area contributed by atoms with Gasteiger partial charge in [-0.25, -0.2) is 0 Å². The first-order valence-corrected chi connectivity index (χ1v) is 7.13. The van der Waals surface area contributed by atoms with E-state index >= 15 is 0 Å². The molecule has 4 heteroatoms. The number of fused-ring (bicyclic) bond motifs is 3. The number of hydrogen-bond acceptors (Lipinski definition) is 2. The molecule has 20 heavy (non-hydrogen) atoms. The Morgan fingerprint density at radius 1 is 1.45 bits per heavy atom. The second kappa shape index (κ2) is 5.29. The molecule has 1 aliphatic carbocycles. The first-order chi connectivity index (χ1) is 9.70.